The van der Waals surface area contributed by atoms with Crippen LogP contribution in [0.2, 0.25) is 0 Å². The fraction of sp³-hybridized carbons (Fsp3) is 0.429. The molecule has 0 spiro atoms. The van der Waals surface area contributed by atoms with Crippen LogP contribution in [0.3, 0.4) is 0 Å². The summed E-state index contributed by atoms with van der Waals surface area (Å²) in [5, 5.41) is 9.25. The third-order valence-electron chi connectivity index (χ3n) is 3.74. The maximum Gasteiger partial charge on any atom is 0.329 e. The molecule has 1 fully saturated rings. The van der Waals surface area contributed by atoms with Crippen molar-refractivity contribution in [3.63, 3.8) is 0 Å². The van der Waals surface area contributed by atoms with Crippen LogP contribution in [0.1, 0.15) is 25.5 Å². The smallest absolute Gasteiger partial charge is 0.329 e. The second-order valence-electron chi connectivity index (χ2n) is 5.29. The highest BCUT2D eigenvalue weighted by Crippen LogP contribution is 2.32. The molecular formula is C14H18N2O3. The minimum atomic E-state index is -1.20. The van der Waals surface area contributed by atoms with Gasteiger partial charge in [-0.3, -0.25) is 0 Å². The van der Waals surface area contributed by atoms with E-state index in [9.17, 15) is 14.7 Å². The Hall–Kier alpha value is -2.04. The third kappa shape index (κ3) is 2.16. The van der Waals surface area contributed by atoms with E-state index in [2.05, 4.69) is 0 Å². The second-order valence-corrected chi connectivity index (χ2v) is 5.29. The van der Waals surface area contributed by atoms with Crippen molar-refractivity contribution < 1.29 is 14.7 Å². The number of likely N-dealkylation sites (N-methyl/N-ethyl adjacent to an activating group) is 1. The van der Waals surface area contributed by atoms with Gasteiger partial charge in [-0.05, 0) is 19.4 Å². The lowest BCUT2D eigenvalue weighted by atomic mass is 10.0. The summed E-state index contributed by atoms with van der Waals surface area (Å²) in [5.41, 5.74) is -0.184. The summed E-state index contributed by atoms with van der Waals surface area (Å²) in [7, 11) is 1.71. The van der Waals surface area contributed by atoms with Crippen molar-refractivity contribution in [1.29, 1.82) is 0 Å². The van der Waals surface area contributed by atoms with Gasteiger partial charge in [-0.25, -0.2) is 9.59 Å². The van der Waals surface area contributed by atoms with Crippen LogP contribution in [0.4, 0.5) is 4.79 Å². The number of amides is 2. The summed E-state index contributed by atoms with van der Waals surface area (Å²) in [6.07, 6.45) is 0. The van der Waals surface area contributed by atoms with Crippen molar-refractivity contribution >= 4 is 12.0 Å². The number of hydrogen-bond donors (Lipinski definition) is 1. The molecule has 1 unspecified atom stereocenters. The Balaban J connectivity index is 2.30. The Labute approximate surface area is 112 Å². The van der Waals surface area contributed by atoms with Crippen LogP contribution in [0.15, 0.2) is 30.3 Å². The van der Waals surface area contributed by atoms with Gasteiger partial charge >= 0.3 is 12.0 Å². The zero-order valence-corrected chi connectivity index (χ0v) is 11.3. The van der Waals surface area contributed by atoms with Gasteiger partial charge in [0.05, 0.1) is 6.04 Å². The molecule has 1 aliphatic rings. The van der Waals surface area contributed by atoms with Gasteiger partial charge in [0.15, 0.2) is 0 Å². The molecule has 5 nitrogen and oxygen atoms in total. The van der Waals surface area contributed by atoms with Crippen molar-refractivity contribution in [2.24, 2.45) is 0 Å². The van der Waals surface area contributed by atoms with E-state index in [1.165, 1.54) is 4.90 Å². The van der Waals surface area contributed by atoms with E-state index in [-0.39, 0.29) is 12.1 Å². The summed E-state index contributed by atoms with van der Waals surface area (Å²) in [4.78, 5) is 26.5. The molecular weight excluding hydrogens is 244 g/mol. The topological polar surface area (TPSA) is 60.9 Å². The summed E-state index contributed by atoms with van der Waals surface area (Å²) in [6, 6.07) is 9.29. The minimum Gasteiger partial charge on any atom is -0.480 e. The lowest BCUT2D eigenvalue weighted by Crippen LogP contribution is -2.51. The predicted octanol–water partition coefficient (Wildman–Crippen LogP) is 1.96. The van der Waals surface area contributed by atoms with Crippen LogP contribution in [-0.4, -0.2) is 46.0 Å². The van der Waals surface area contributed by atoms with Gasteiger partial charge in [-0.2, -0.15) is 0 Å². The molecule has 1 heterocycles. The molecule has 2 amide bonds. The quantitative estimate of drug-likeness (QED) is 0.905. The number of carboxylic acid groups (broad SMARTS) is 1. The van der Waals surface area contributed by atoms with Gasteiger partial charge in [-0.1, -0.05) is 30.3 Å². The molecule has 1 saturated heterocycles. The van der Waals surface area contributed by atoms with E-state index >= 15 is 0 Å². The SMILES string of the molecule is CN1C(=O)N(C(C)(C)C(=O)O)CC1c1ccccc1. The van der Waals surface area contributed by atoms with Crippen LogP contribution < -0.4 is 0 Å². The van der Waals surface area contributed by atoms with E-state index in [1.54, 1.807) is 25.8 Å². The first-order valence-corrected chi connectivity index (χ1v) is 6.18. The normalized spacial score (nSPS) is 19.9. The van der Waals surface area contributed by atoms with E-state index in [0.29, 0.717) is 6.54 Å². The summed E-state index contributed by atoms with van der Waals surface area (Å²) in [6.45, 7) is 3.49. The number of carboxylic acids is 1. The third-order valence-corrected chi connectivity index (χ3v) is 3.74. The molecule has 1 aromatic rings. The number of aliphatic carboxylic acids is 1. The molecule has 1 aliphatic heterocycles. The highest BCUT2D eigenvalue weighted by atomic mass is 16.4. The molecule has 2 rings (SSSR count). The predicted molar refractivity (Wildman–Crippen MR) is 70.8 cm³/mol. The summed E-state index contributed by atoms with van der Waals surface area (Å²) in [5.74, 6) is -0.997. The van der Waals surface area contributed by atoms with Crippen LogP contribution >= 0.6 is 0 Å². The van der Waals surface area contributed by atoms with E-state index in [4.69, 9.17) is 0 Å². The number of carbonyl (C=O) groups is 2. The first-order chi connectivity index (χ1) is 8.85. The molecule has 19 heavy (non-hydrogen) atoms. The molecule has 1 N–H and O–H groups in total. The fourth-order valence-corrected chi connectivity index (χ4v) is 2.28. The average Bonchev–Trinajstić information content (AvgIpc) is 2.68. The van der Waals surface area contributed by atoms with E-state index in [0.717, 1.165) is 5.56 Å². The van der Waals surface area contributed by atoms with Crippen molar-refractivity contribution in [2.75, 3.05) is 13.6 Å². The lowest BCUT2D eigenvalue weighted by molar-refractivity contribution is -0.147. The van der Waals surface area contributed by atoms with Gasteiger partial charge in [0.2, 0.25) is 0 Å². The van der Waals surface area contributed by atoms with Gasteiger partial charge in [0.1, 0.15) is 5.54 Å². The van der Waals surface area contributed by atoms with Gasteiger partial charge in [-0.15, -0.1) is 0 Å². The lowest BCUT2D eigenvalue weighted by Gasteiger charge is -2.30. The Morgan fingerprint density at radius 2 is 1.89 bits per heavy atom. The maximum atomic E-state index is 12.2. The zero-order chi connectivity index (χ0) is 14.2. The Morgan fingerprint density at radius 3 is 2.42 bits per heavy atom. The van der Waals surface area contributed by atoms with Crippen molar-refractivity contribution in [2.45, 2.75) is 25.4 Å². The highest BCUT2D eigenvalue weighted by molar-refractivity contribution is 5.87. The van der Waals surface area contributed by atoms with Gasteiger partial charge < -0.3 is 14.9 Å². The van der Waals surface area contributed by atoms with Crippen molar-refractivity contribution in [1.82, 2.24) is 9.80 Å². The number of rotatable bonds is 3. The second kappa shape index (κ2) is 4.57. The molecule has 0 bridgehead atoms. The molecule has 1 aromatic carbocycles. The summed E-state index contributed by atoms with van der Waals surface area (Å²) < 4.78 is 0. The summed E-state index contributed by atoms with van der Waals surface area (Å²) >= 11 is 0. The Bertz CT molecular complexity index is 499. The molecule has 0 aliphatic carbocycles. The first kappa shape index (κ1) is 13.4. The van der Waals surface area contributed by atoms with Crippen LogP contribution in [-0.2, 0) is 4.79 Å². The molecule has 0 aromatic heterocycles. The van der Waals surface area contributed by atoms with Gasteiger partial charge in [0, 0.05) is 13.6 Å². The minimum absolute atomic E-state index is 0.104. The zero-order valence-electron chi connectivity index (χ0n) is 11.3. The number of urea groups is 1. The van der Waals surface area contributed by atoms with Crippen molar-refractivity contribution in [3.05, 3.63) is 35.9 Å². The number of benzene rings is 1. The number of nitrogens with zero attached hydrogens (tertiary/aromatic N) is 2. The number of hydrogen-bond acceptors (Lipinski definition) is 2. The largest absolute Gasteiger partial charge is 0.480 e. The Kier molecular flexibility index (Phi) is 3.22. The van der Waals surface area contributed by atoms with Crippen molar-refractivity contribution in [3.8, 4) is 0 Å². The molecule has 0 saturated carbocycles. The molecule has 5 heteroatoms. The van der Waals surface area contributed by atoms with Crippen LogP contribution in [0.25, 0.3) is 0 Å². The first-order valence-electron chi connectivity index (χ1n) is 6.18. The maximum absolute atomic E-state index is 12.2. The standard InChI is InChI=1S/C14H18N2O3/c1-14(2,12(17)18)16-9-11(15(3)13(16)19)10-7-5-4-6-8-10/h4-8,11H,9H2,1-3H3,(H,17,18). The average molecular weight is 262 g/mol. The van der Waals surface area contributed by atoms with Crippen LogP contribution in [0.5, 0.6) is 0 Å². The molecule has 0 radical (unpaired) electrons. The Morgan fingerprint density at radius 1 is 1.32 bits per heavy atom. The van der Waals surface area contributed by atoms with Crippen LogP contribution in [0, 0.1) is 0 Å². The molecule has 1 atom stereocenters. The monoisotopic (exact) mass is 262 g/mol. The highest BCUT2D eigenvalue weighted by Gasteiger charge is 2.46. The molecule has 102 valence electrons. The van der Waals surface area contributed by atoms with E-state index < -0.39 is 11.5 Å². The van der Waals surface area contributed by atoms with E-state index in [1.807, 2.05) is 30.3 Å². The van der Waals surface area contributed by atoms with Gasteiger partial charge in [0.25, 0.3) is 0 Å². The number of carbonyl (C=O) groups excluding carboxylic acids is 1. The fourth-order valence-electron chi connectivity index (χ4n) is 2.28.